The van der Waals surface area contributed by atoms with E-state index in [1.165, 1.54) is 34.9 Å². The molecule has 1 unspecified atom stereocenters. The number of allylic oxidation sites excluding steroid dienone is 1. The molecule has 14 heteroatoms. The van der Waals surface area contributed by atoms with Crippen molar-refractivity contribution in [3.63, 3.8) is 0 Å². The molecule has 1 aliphatic heterocycles. The maximum Gasteiger partial charge on any atom is 0.338 e. The van der Waals surface area contributed by atoms with E-state index in [1.54, 1.807) is 11.6 Å². The van der Waals surface area contributed by atoms with Crippen molar-refractivity contribution in [1.29, 1.82) is 0 Å². The van der Waals surface area contributed by atoms with Gasteiger partial charge in [-0.25, -0.2) is 22.6 Å². The van der Waals surface area contributed by atoms with Crippen molar-refractivity contribution in [3.8, 4) is 0 Å². The summed E-state index contributed by atoms with van der Waals surface area (Å²) >= 11 is 7.75. The second-order valence-electron chi connectivity index (χ2n) is 9.95. The van der Waals surface area contributed by atoms with Crippen LogP contribution in [-0.4, -0.2) is 77.9 Å². The predicted octanol–water partition coefficient (Wildman–Crippen LogP) is 1.99. The Morgan fingerprint density at radius 3 is 2.66 bits per heavy atom. The number of aromatic nitrogens is 1. The number of aliphatic hydroxyl groups is 2. The number of carbonyl (C=O) groups is 1. The SMILES string of the molecule is COC(=O)C1=C(C23CC(N(C[C@@H](O)CO)S(C)(=O)=O)(C2)C3)NC(c2nccs2)=NC1c1ccc(F)cc1Cl. The molecule has 38 heavy (non-hydrogen) atoms. The third-order valence-electron chi connectivity index (χ3n) is 7.39. The normalized spacial score (nSPS) is 27.2. The number of rotatable bonds is 9. The average molecular weight is 585 g/mol. The maximum atomic E-state index is 13.9. The molecule has 3 fully saturated rings. The summed E-state index contributed by atoms with van der Waals surface area (Å²) < 4.78 is 45.5. The number of methoxy groups -OCH3 is 1. The summed E-state index contributed by atoms with van der Waals surface area (Å²) in [6.07, 6.45) is 2.60. The van der Waals surface area contributed by atoms with Gasteiger partial charge in [0, 0.05) is 45.4 Å². The summed E-state index contributed by atoms with van der Waals surface area (Å²) in [6, 6.07) is 2.95. The second-order valence-corrected chi connectivity index (χ2v) is 13.2. The minimum atomic E-state index is -3.70. The maximum absolute atomic E-state index is 13.9. The molecule has 1 aromatic carbocycles. The van der Waals surface area contributed by atoms with Crippen LogP contribution in [0.25, 0.3) is 0 Å². The first kappa shape index (κ1) is 27.2. The van der Waals surface area contributed by atoms with Gasteiger partial charge in [0.05, 0.1) is 31.6 Å². The zero-order valence-corrected chi connectivity index (χ0v) is 22.9. The lowest BCUT2D eigenvalue weighted by Gasteiger charge is -2.74. The largest absolute Gasteiger partial charge is 0.466 e. The fourth-order valence-electron chi connectivity index (χ4n) is 5.88. The van der Waals surface area contributed by atoms with E-state index in [0.29, 0.717) is 41.4 Å². The van der Waals surface area contributed by atoms with Gasteiger partial charge in [0.2, 0.25) is 10.0 Å². The number of sulfonamides is 1. The number of nitrogens with zero attached hydrogens (tertiary/aromatic N) is 3. The van der Waals surface area contributed by atoms with E-state index in [0.717, 1.165) is 12.3 Å². The monoisotopic (exact) mass is 584 g/mol. The number of nitrogens with one attached hydrogen (secondary N) is 1. The van der Waals surface area contributed by atoms with Crippen LogP contribution in [0.4, 0.5) is 4.39 Å². The smallest absolute Gasteiger partial charge is 0.338 e. The van der Waals surface area contributed by atoms with Gasteiger partial charge in [0.25, 0.3) is 0 Å². The molecule has 0 radical (unpaired) electrons. The lowest BCUT2D eigenvalue weighted by atomic mass is 9.37. The Morgan fingerprint density at radius 2 is 2.11 bits per heavy atom. The van der Waals surface area contributed by atoms with Crippen molar-refractivity contribution < 1.29 is 32.6 Å². The van der Waals surface area contributed by atoms with Crippen LogP contribution in [-0.2, 0) is 19.6 Å². The Hall–Kier alpha value is -2.42. The lowest BCUT2D eigenvalue weighted by Crippen LogP contribution is -2.77. The Balaban J connectivity index is 1.58. The fraction of sp³-hybridized carbons (Fsp3) is 0.458. The lowest BCUT2D eigenvalue weighted by molar-refractivity contribution is -0.177. The highest BCUT2D eigenvalue weighted by molar-refractivity contribution is 7.88. The number of thiazole rings is 1. The molecule has 0 amide bonds. The molecule has 204 valence electrons. The molecule has 3 N–H and O–H groups in total. The van der Waals surface area contributed by atoms with Crippen LogP contribution in [0.3, 0.4) is 0 Å². The first-order valence-electron chi connectivity index (χ1n) is 11.7. The van der Waals surface area contributed by atoms with Gasteiger partial charge in [0.15, 0.2) is 10.8 Å². The molecule has 1 aromatic heterocycles. The molecular formula is C24H26ClFN4O6S2. The highest BCUT2D eigenvalue weighted by Gasteiger charge is 2.74. The fourth-order valence-corrected chi connectivity index (χ4v) is 8.08. The van der Waals surface area contributed by atoms with E-state index in [1.807, 2.05) is 0 Å². The van der Waals surface area contributed by atoms with Gasteiger partial charge < -0.3 is 20.3 Å². The molecule has 2 bridgehead atoms. The molecule has 4 aliphatic rings. The number of esters is 1. The average Bonchev–Trinajstić information content (AvgIpc) is 3.35. The number of β-amino-alcohol motifs (C(OH)–C–C–N with tert-alkyl or cyclic N) is 1. The number of carbonyl (C=O) groups excluding carboxylic acids is 1. The van der Waals surface area contributed by atoms with Crippen molar-refractivity contribution in [2.75, 3.05) is 26.5 Å². The third-order valence-corrected chi connectivity index (χ3v) is 9.84. The van der Waals surface area contributed by atoms with Crippen LogP contribution in [0.1, 0.15) is 35.9 Å². The molecule has 6 rings (SSSR count). The van der Waals surface area contributed by atoms with Crippen molar-refractivity contribution in [2.45, 2.75) is 36.9 Å². The Kier molecular flexibility index (Phi) is 6.89. The molecule has 10 nitrogen and oxygen atoms in total. The van der Waals surface area contributed by atoms with Gasteiger partial charge in [0.1, 0.15) is 11.9 Å². The van der Waals surface area contributed by atoms with Crippen LogP contribution < -0.4 is 5.32 Å². The Bertz CT molecular complexity index is 1430. The van der Waals surface area contributed by atoms with E-state index >= 15 is 0 Å². The molecule has 0 spiro atoms. The van der Waals surface area contributed by atoms with Crippen molar-refractivity contribution in [3.05, 3.63) is 62.5 Å². The van der Waals surface area contributed by atoms with Gasteiger partial charge >= 0.3 is 5.97 Å². The molecule has 2 aromatic rings. The van der Waals surface area contributed by atoms with Crippen molar-refractivity contribution in [1.82, 2.24) is 14.6 Å². The van der Waals surface area contributed by atoms with E-state index < -0.39 is 51.5 Å². The van der Waals surface area contributed by atoms with Crippen LogP contribution >= 0.6 is 22.9 Å². The number of hydrogen-bond acceptors (Lipinski definition) is 10. The first-order valence-corrected chi connectivity index (χ1v) is 14.8. The molecule has 2 atom stereocenters. The van der Waals surface area contributed by atoms with Crippen LogP contribution in [0, 0.1) is 11.2 Å². The quantitative estimate of drug-likeness (QED) is 0.380. The summed E-state index contributed by atoms with van der Waals surface area (Å²) in [5.41, 5.74) is -0.200. The summed E-state index contributed by atoms with van der Waals surface area (Å²) in [5, 5.41) is 25.0. The van der Waals surface area contributed by atoms with Crippen molar-refractivity contribution >= 4 is 44.8 Å². The van der Waals surface area contributed by atoms with E-state index in [4.69, 9.17) is 21.3 Å². The number of amidine groups is 1. The number of halogens is 2. The third kappa shape index (κ3) is 4.44. The second kappa shape index (κ2) is 9.65. The van der Waals surface area contributed by atoms with Crippen LogP contribution in [0.15, 0.2) is 46.0 Å². The summed E-state index contributed by atoms with van der Waals surface area (Å²) in [6.45, 7) is -0.804. The zero-order chi connectivity index (χ0) is 27.5. The molecule has 3 saturated carbocycles. The van der Waals surface area contributed by atoms with Gasteiger partial charge in [-0.1, -0.05) is 17.7 Å². The number of ether oxygens (including phenoxy) is 1. The summed E-state index contributed by atoms with van der Waals surface area (Å²) in [7, 11) is -2.45. The number of benzene rings is 1. The summed E-state index contributed by atoms with van der Waals surface area (Å²) in [4.78, 5) is 22.3. The van der Waals surface area contributed by atoms with Gasteiger partial charge in [-0.15, -0.1) is 11.3 Å². The van der Waals surface area contributed by atoms with Gasteiger partial charge in [-0.3, -0.25) is 4.99 Å². The Morgan fingerprint density at radius 1 is 1.39 bits per heavy atom. The van der Waals surface area contributed by atoms with Gasteiger partial charge in [-0.05, 0) is 31.4 Å². The number of aliphatic imine (C=N–C) groups is 1. The van der Waals surface area contributed by atoms with Crippen molar-refractivity contribution in [2.24, 2.45) is 10.4 Å². The minimum absolute atomic E-state index is 0.0928. The molecule has 3 aliphatic carbocycles. The van der Waals surface area contributed by atoms with Gasteiger partial charge in [-0.2, -0.15) is 4.31 Å². The van der Waals surface area contributed by atoms with E-state index in [9.17, 15) is 27.8 Å². The minimum Gasteiger partial charge on any atom is -0.466 e. The number of hydrogen-bond donors (Lipinski definition) is 3. The molecule has 2 heterocycles. The highest BCUT2D eigenvalue weighted by Crippen LogP contribution is 2.73. The first-order chi connectivity index (χ1) is 17.9. The van der Waals surface area contributed by atoms with E-state index in [2.05, 4.69) is 10.3 Å². The zero-order valence-electron chi connectivity index (χ0n) is 20.5. The molecular weight excluding hydrogens is 559 g/mol. The van der Waals surface area contributed by atoms with E-state index in [-0.39, 0.29) is 17.1 Å². The Labute approximate surface area is 227 Å². The highest BCUT2D eigenvalue weighted by atomic mass is 35.5. The number of aliphatic hydroxyl groups excluding tert-OH is 2. The van der Waals surface area contributed by atoms with Crippen LogP contribution in [0.2, 0.25) is 5.02 Å². The topological polar surface area (TPSA) is 141 Å². The van der Waals surface area contributed by atoms with Crippen LogP contribution in [0.5, 0.6) is 0 Å². The summed E-state index contributed by atoms with van der Waals surface area (Å²) in [5.74, 6) is -0.773. The predicted molar refractivity (Wildman–Crippen MR) is 139 cm³/mol. The molecule has 0 saturated heterocycles. The standard InChI is InChI=1S/C24H26ClFN4O6S2/c1-36-22(33)17-18(15-4-3-13(26)7-16(15)25)28-20(21-27-5-6-37-21)29-19(17)23-10-24(11-23,12-23)30(38(2,34)35)8-14(32)9-31/h3-7,14,18,31-32H,8-12H2,1-2H3,(H,28,29)/t14-,18?,23?,24?/m1/s1.